The number of nitrogens with zero attached hydrogens (tertiary/aromatic N) is 4. The van der Waals surface area contributed by atoms with Crippen LogP contribution in [0.2, 0.25) is 5.02 Å². The number of nitrogens with one attached hydrogen (secondary N) is 1. The van der Waals surface area contributed by atoms with E-state index in [0.717, 1.165) is 19.2 Å². The van der Waals surface area contributed by atoms with Crippen LogP contribution in [-0.2, 0) is 6.54 Å². The van der Waals surface area contributed by atoms with Crippen LogP contribution in [0.15, 0.2) is 28.9 Å². The van der Waals surface area contributed by atoms with E-state index in [1.54, 1.807) is 6.92 Å². The van der Waals surface area contributed by atoms with Crippen molar-refractivity contribution < 1.29 is 23.3 Å². The van der Waals surface area contributed by atoms with Gasteiger partial charge in [-0.1, -0.05) is 16.8 Å². The molecule has 0 saturated carbocycles. The fourth-order valence-corrected chi connectivity index (χ4v) is 2.65. The van der Waals surface area contributed by atoms with Crippen LogP contribution in [0, 0.1) is 18.6 Å². The summed E-state index contributed by atoms with van der Waals surface area (Å²) in [6.45, 7) is 1.30. The predicted molar refractivity (Wildman–Crippen MR) is 94.4 cm³/mol. The molecule has 146 valence electrons. The third-order valence-corrected chi connectivity index (χ3v) is 3.95. The summed E-state index contributed by atoms with van der Waals surface area (Å²) in [6, 6.07) is 2.82. The highest BCUT2D eigenvalue weighted by Crippen LogP contribution is 2.35. The lowest BCUT2D eigenvalue weighted by Crippen LogP contribution is -2.34. The second kappa shape index (κ2) is 7.87. The first-order chi connectivity index (χ1) is 13.3. The fraction of sp³-hybridized carbons (Fsp3) is 0.176. The molecule has 2 N–H and O–H groups in total. The van der Waals surface area contributed by atoms with Crippen LogP contribution in [0.3, 0.4) is 0 Å². The number of carbonyl (C=O) groups excluding carboxylic acids is 1. The lowest BCUT2D eigenvalue weighted by atomic mass is 9.99. The molecule has 0 atom stereocenters. The van der Waals surface area contributed by atoms with Gasteiger partial charge in [-0.25, -0.2) is 18.6 Å². The van der Waals surface area contributed by atoms with Crippen molar-refractivity contribution in [2.75, 3.05) is 7.05 Å². The summed E-state index contributed by atoms with van der Waals surface area (Å²) >= 11 is 5.96. The first kappa shape index (κ1) is 19.6. The molecule has 0 spiro atoms. The van der Waals surface area contributed by atoms with Gasteiger partial charge in [-0.3, -0.25) is 10.2 Å². The minimum atomic E-state index is -0.822. The van der Waals surface area contributed by atoms with E-state index >= 15 is 0 Å². The number of hydroxylamine groups is 2. The molecule has 0 saturated heterocycles. The second-order valence-corrected chi connectivity index (χ2v) is 6.22. The Kier molecular flexibility index (Phi) is 5.52. The van der Waals surface area contributed by atoms with Gasteiger partial charge < -0.3 is 9.84 Å². The molecule has 0 aliphatic carbocycles. The molecule has 0 aliphatic heterocycles. The van der Waals surface area contributed by atoms with Gasteiger partial charge in [0.05, 0.1) is 17.8 Å². The van der Waals surface area contributed by atoms with E-state index in [1.165, 1.54) is 12.3 Å². The molecule has 2 amide bonds. The molecule has 0 aliphatic rings. The minimum absolute atomic E-state index is 0.00888. The van der Waals surface area contributed by atoms with Gasteiger partial charge in [-0.05, 0) is 23.8 Å². The van der Waals surface area contributed by atoms with Crippen molar-refractivity contribution in [2.45, 2.75) is 13.5 Å². The standard InChI is InChI=1S/C17H14ClF2N5O3/c1-8-23-16(24-28-8)15-11(4-10(18)5-13(15)20)9-3-12(19)14(21-6-9)7-22-17(26)25(2)27/h3-6,27H,7H2,1-2H3,(H,22,26). The Bertz CT molecular complexity index is 1040. The van der Waals surface area contributed by atoms with Gasteiger partial charge in [0.25, 0.3) is 0 Å². The van der Waals surface area contributed by atoms with E-state index < -0.39 is 17.7 Å². The Morgan fingerprint density at radius 1 is 1.32 bits per heavy atom. The number of aryl methyl sites for hydroxylation is 1. The Hall–Kier alpha value is -3.11. The van der Waals surface area contributed by atoms with Gasteiger partial charge in [-0.2, -0.15) is 4.98 Å². The maximum Gasteiger partial charge on any atom is 0.341 e. The van der Waals surface area contributed by atoms with E-state index in [0.29, 0.717) is 5.06 Å². The topological polar surface area (TPSA) is 104 Å². The van der Waals surface area contributed by atoms with Crippen molar-refractivity contribution in [1.29, 1.82) is 0 Å². The molecule has 0 radical (unpaired) electrons. The zero-order valence-electron chi connectivity index (χ0n) is 14.7. The third-order valence-electron chi connectivity index (χ3n) is 3.74. The summed E-state index contributed by atoms with van der Waals surface area (Å²) in [4.78, 5) is 19.3. The average Bonchev–Trinajstić information content (AvgIpc) is 3.05. The average molecular weight is 410 g/mol. The summed E-state index contributed by atoms with van der Waals surface area (Å²) in [5, 5.41) is 15.4. The minimum Gasteiger partial charge on any atom is -0.339 e. The first-order valence-corrected chi connectivity index (χ1v) is 8.29. The maximum absolute atomic E-state index is 14.6. The second-order valence-electron chi connectivity index (χ2n) is 5.78. The molecule has 3 rings (SSSR count). The predicted octanol–water partition coefficient (Wildman–Crippen LogP) is 3.57. The highest BCUT2D eigenvalue weighted by molar-refractivity contribution is 6.31. The van der Waals surface area contributed by atoms with Crippen molar-refractivity contribution in [3.63, 3.8) is 0 Å². The molecular formula is C17H14ClF2N5O3. The van der Waals surface area contributed by atoms with E-state index in [9.17, 15) is 13.6 Å². The summed E-state index contributed by atoms with van der Waals surface area (Å²) in [6.07, 6.45) is 1.30. The smallest absolute Gasteiger partial charge is 0.339 e. The molecule has 0 unspecified atom stereocenters. The molecule has 28 heavy (non-hydrogen) atoms. The molecule has 2 aromatic heterocycles. The Morgan fingerprint density at radius 3 is 2.68 bits per heavy atom. The van der Waals surface area contributed by atoms with Crippen molar-refractivity contribution in [2.24, 2.45) is 0 Å². The van der Waals surface area contributed by atoms with Gasteiger partial charge in [0.2, 0.25) is 11.7 Å². The number of hydrogen-bond donors (Lipinski definition) is 2. The SMILES string of the molecule is Cc1nc(-c2c(F)cc(Cl)cc2-c2cnc(CNC(=O)N(C)O)c(F)c2)no1. The van der Waals surface area contributed by atoms with Gasteiger partial charge in [0, 0.05) is 30.8 Å². The molecule has 1 aromatic carbocycles. The maximum atomic E-state index is 14.6. The van der Waals surface area contributed by atoms with Crippen LogP contribution in [0.1, 0.15) is 11.6 Å². The summed E-state index contributed by atoms with van der Waals surface area (Å²) in [7, 11) is 1.12. The number of pyridine rings is 1. The number of rotatable bonds is 4. The molecule has 3 aromatic rings. The van der Waals surface area contributed by atoms with Crippen LogP contribution >= 0.6 is 11.6 Å². The van der Waals surface area contributed by atoms with E-state index in [1.807, 2.05) is 0 Å². The van der Waals surface area contributed by atoms with Crippen LogP contribution in [0.25, 0.3) is 22.5 Å². The number of amides is 2. The van der Waals surface area contributed by atoms with Crippen LogP contribution < -0.4 is 5.32 Å². The number of hydrogen-bond acceptors (Lipinski definition) is 6. The zero-order chi connectivity index (χ0) is 20.4. The summed E-state index contributed by atoms with van der Waals surface area (Å²) in [5.41, 5.74) is 0.373. The van der Waals surface area contributed by atoms with Gasteiger partial charge in [0.15, 0.2) is 0 Å². The van der Waals surface area contributed by atoms with Crippen LogP contribution in [-0.4, -0.2) is 38.5 Å². The van der Waals surface area contributed by atoms with Crippen molar-refractivity contribution in [1.82, 2.24) is 25.5 Å². The fourth-order valence-electron chi connectivity index (χ4n) is 2.45. The Balaban J connectivity index is 2.00. The number of aromatic nitrogens is 3. The van der Waals surface area contributed by atoms with Crippen LogP contribution in [0.4, 0.5) is 13.6 Å². The van der Waals surface area contributed by atoms with Crippen molar-refractivity contribution >= 4 is 17.6 Å². The normalized spacial score (nSPS) is 10.8. The van der Waals surface area contributed by atoms with E-state index in [-0.39, 0.29) is 45.7 Å². The third kappa shape index (κ3) is 4.07. The molecule has 0 fully saturated rings. The summed E-state index contributed by atoms with van der Waals surface area (Å²) in [5.74, 6) is -1.22. The van der Waals surface area contributed by atoms with Crippen molar-refractivity contribution in [3.8, 4) is 22.5 Å². The zero-order valence-corrected chi connectivity index (χ0v) is 15.5. The Labute approximate surface area is 162 Å². The van der Waals surface area contributed by atoms with E-state index in [4.69, 9.17) is 21.3 Å². The largest absolute Gasteiger partial charge is 0.341 e. The number of urea groups is 1. The number of carbonyl (C=O) groups is 1. The molecule has 8 nitrogen and oxygen atoms in total. The highest BCUT2D eigenvalue weighted by atomic mass is 35.5. The first-order valence-electron chi connectivity index (χ1n) is 7.91. The highest BCUT2D eigenvalue weighted by Gasteiger charge is 2.20. The summed E-state index contributed by atoms with van der Waals surface area (Å²) < 4.78 is 33.9. The molecule has 2 heterocycles. The number of benzene rings is 1. The number of halogens is 3. The van der Waals surface area contributed by atoms with E-state index in [2.05, 4.69) is 20.4 Å². The molecule has 11 heteroatoms. The lowest BCUT2D eigenvalue weighted by molar-refractivity contribution is -0.0184. The monoisotopic (exact) mass is 409 g/mol. The van der Waals surface area contributed by atoms with Crippen molar-refractivity contribution in [3.05, 3.63) is 52.6 Å². The van der Waals surface area contributed by atoms with Gasteiger partial charge in [0.1, 0.15) is 11.6 Å². The quantitative estimate of drug-likeness (QED) is 0.504. The van der Waals surface area contributed by atoms with Crippen LogP contribution in [0.5, 0.6) is 0 Å². The van der Waals surface area contributed by atoms with Gasteiger partial charge >= 0.3 is 6.03 Å². The Morgan fingerprint density at radius 2 is 2.07 bits per heavy atom. The van der Waals surface area contributed by atoms with Gasteiger partial charge in [-0.15, -0.1) is 0 Å². The molecule has 0 bridgehead atoms. The lowest BCUT2D eigenvalue weighted by Gasteiger charge is -2.12. The molecular weight excluding hydrogens is 396 g/mol.